The van der Waals surface area contributed by atoms with Crippen LogP contribution in [0.4, 0.5) is 0 Å². The van der Waals surface area contributed by atoms with Crippen LogP contribution in [-0.4, -0.2) is 26.4 Å². The summed E-state index contributed by atoms with van der Waals surface area (Å²) in [4.78, 5) is 0.310. The second-order valence-corrected chi connectivity index (χ2v) is 6.33. The largest absolute Gasteiger partial charge is 0.396 e. The summed E-state index contributed by atoms with van der Waals surface area (Å²) >= 11 is 3.27. The Morgan fingerprint density at radius 2 is 2.00 bits per heavy atom. The summed E-state index contributed by atoms with van der Waals surface area (Å²) < 4.78 is 23.4. The van der Waals surface area contributed by atoms with Gasteiger partial charge in [0.05, 0.1) is 4.90 Å². The molecule has 0 amide bonds. The van der Waals surface area contributed by atoms with Crippen LogP contribution < -0.4 is 0 Å². The van der Waals surface area contributed by atoms with Crippen LogP contribution in [0.5, 0.6) is 0 Å². The molecule has 0 aliphatic rings. The molecule has 0 heterocycles. The van der Waals surface area contributed by atoms with E-state index in [0.717, 1.165) is 10.0 Å². The summed E-state index contributed by atoms with van der Waals surface area (Å²) in [5.41, 5.74) is 0.916. The van der Waals surface area contributed by atoms with Crippen molar-refractivity contribution in [2.75, 3.05) is 12.9 Å². The molecule has 0 radical (unpaired) electrons. The van der Waals surface area contributed by atoms with Crippen molar-refractivity contribution in [3.8, 4) is 0 Å². The van der Waals surface area contributed by atoms with E-state index in [1.54, 1.807) is 12.1 Å². The Morgan fingerprint density at radius 1 is 1.33 bits per heavy atom. The summed E-state index contributed by atoms with van der Waals surface area (Å²) in [6.45, 7) is 0.112. The molecule has 0 aliphatic carbocycles. The van der Waals surface area contributed by atoms with Crippen molar-refractivity contribution >= 4 is 25.8 Å². The van der Waals surface area contributed by atoms with E-state index in [4.69, 9.17) is 5.11 Å². The predicted molar refractivity (Wildman–Crippen MR) is 62.7 cm³/mol. The van der Waals surface area contributed by atoms with E-state index >= 15 is 0 Å². The average molecular weight is 293 g/mol. The number of hydrogen-bond acceptors (Lipinski definition) is 3. The smallest absolute Gasteiger partial charge is 0.175 e. The zero-order chi connectivity index (χ0) is 11.5. The van der Waals surface area contributed by atoms with Gasteiger partial charge in [0.25, 0.3) is 0 Å². The molecule has 84 valence electrons. The molecule has 0 atom stereocenters. The average Bonchev–Trinajstić information content (AvgIpc) is 2.12. The maximum atomic E-state index is 11.3. The Balaban J connectivity index is 3.06. The van der Waals surface area contributed by atoms with Crippen molar-refractivity contribution in [1.29, 1.82) is 0 Å². The molecular formula is C10H13BrO3S. The third kappa shape index (κ3) is 3.93. The summed E-state index contributed by atoms with van der Waals surface area (Å²) in [5, 5.41) is 8.70. The normalized spacial score (nSPS) is 11.7. The van der Waals surface area contributed by atoms with Gasteiger partial charge >= 0.3 is 0 Å². The fourth-order valence-electron chi connectivity index (χ4n) is 1.26. The van der Waals surface area contributed by atoms with Gasteiger partial charge in [-0.2, -0.15) is 0 Å². The number of sulfone groups is 1. The number of halogens is 1. The van der Waals surface area contributed by atoms with Crippen molar-refractivity contribution in [1.82, 2.24) is 0 Å². The third-order valence-electron chi connectivity index (χ3n) is 1.98. The fourth-order valence-corrected chi connectivity index (χ4v) is 2.66. The maximum Gasteiger partial charge on any atom is 0.175 e. The lowest BCUT2D eigenvalue weighted by molar-refractivity contribution is 0.288. The minimum absolute atomic E-state index is 0.112. The molecule has 0 unspecified atom stereocenters. The van der Waals surface area contributed by atoms with Crippen LogP contribution >= 0.6 is 15.9 Å². The van der Waals surface area contributed by atoms with Gasteiger partial charge in [-0.3, -0.25) is 0 Å². The van der Waals surface area contributed by atoms with Crippen molar-refractivity contribution in [3.63, 3.8) is 0 Å². The highest BCUT2D eigenvalue weighted by atomic mass is 79.9. The zero-order valence-corrected chi connectivity index (χ0v) is 10.8. The molecule has 0 fully saturated rings. The molecule has 5 heteroatoms. The van der Waals surface area contributed by atoms with Crippen LogP contribution in [0.1, 0.15) is 12.0 Å². The van der Waals surface area contributed by atoms with E-state index in [1.807, 2.05) is 6.07 Å². The molecule has 15 heavy (non-hydrogen) atoms. The van der Waals surface area contributed by atoms with E-state index < -0.39 is 9.84 Å². The summed E-state index contributed by atoms with van der Waals surface area (Å²) in [5.74, 6) is 0. The van der Waals surface area contributed by atoms with Gasteiger partial charge < -0.3 is 5.11 Å². The van der Waals surface area contributed by atoms with Gasteiger partial charge in [-0.1, -0.05) is 15.9 Å². The van der Waals surface area contributed by atoms with E-state index in [9.17, 15) is 8.42 Å². The minimum atomic E-state index is -3.17. The topological polar surface area (TPSA) is 54.4 Å². The van der Waals surface area contributed by atoms with E-state index in [2.05, 4.69) is 15.9 Å². The summed E-state index contributed by atoms with van der Waals surface area (Å²) in [6, 6.07) is 5.10. The lowest BCUT2D eigenvalue weighted by atomic mass is 10.1. The lowest BCUT2D eigenvalue weighted by Crippen LogP contribution is -1.99. The standard InChI is InChI=1S/C10H13BrO3S/c1-15(13,14)10-6-8(3-2-4-12)5-9(11)7-10/h5-7,12H,2-4H2,1H3. The zero-order valence-electron chi connectivity index (χ0n) is 8.40. The molecule has 1 aromatic carbocycles. The van der Waals surface area contributed by atoms with E-state index in [1.165, 1.54) is 6.26 Å². The number of aliphatic hydroxyl groups is 1. The van der Waals surface area contributed by atoms with Gasteiger partial charge in [0.2, 0.25) is 0 Å². The monoisotopic (exact) mass is 292 g/mol. The van der Waals surface area contributed by atoms with Gasteiger partial charge in [-0.15, -0.1) is 0 Å². The molecule has 0 aliphatic heterocycles. The lowest BCUT2D eigenvalue weighted by Gasteiger charge is -2.04. The number of benzene rings is 1. The second kappa shape index (κ2) is 5.09. The quantitative estimate of drug-likeness (QED) is 0.920. The summed E-state index contributed by atoms with van der Waals surface area (Å²) in [7, 11) is -3.17. The highest BCUT2D eigenvalue weighted by Gasteiger charge is 2.09. The molecule has 1 aromatic rings. The Kier molecular flexibility index (Phi) is 4.31. The molecule has 0 spiro atoms. The van der Waals surface area contributed by atoms with Crippen LogP contribution in [-0.2, 0) is 16.3 Å². The third-order valence-corrected chi connectivity index (χ3v) is 3.53. The van der Waals surface area contributed by atoms with Crippen molar-refractivity contribution in [2.24, 2.45) is 0 Å². The van der Waals surface area contributed by atoms with Crippen LogP contribution in [0.3, 0.4) is 0 Å². The Bertz CT molecular complexity index is 440. The van der Waals surface area contributed by atoms with Crippen LogP contribution in [0.25, 0.3) is 0 Å². The molecule has 0 bridgehead atoms. The molecule has 0 aromatic heterocycles. The molecule has 0 saturated carbocycles. The first-order valence-corrected chi connectivity index (χ1v) is 7.22. The SMILES string of the molecule is CS(=O)(=O)c1cc(Br)cc(CCCO)c1. The molecule has 0 saturated heterocycles. The fraction of sp³-hybridized carbons (Fsp3) is 0.400. The van der Waals surface area contributed by atoms with Crippen LogP contribution in [0.15, 0.2) is 27.6 Å². The van der Waals surface area contributed by atoms with Gasteiger partial charge in [0.15, 0.2) is 9.84 Å². The molecule has 1 rings (SSSR count). The number of rotatable bonds is 4. The Morgan fingerprint density at radius 3 is 2.53 bits per heavy atom. The Labute approximate surface area is 98.2 Å². The minimum Gasteiger partial charge on any atom is -0.396 e. The summed E-state index contributed by atoms with van der Waals surface area (Å²) in [6.07, 6.45) is 2.50. The predicted octanol–water partition coefficient (Wildman–Crippen LogP) is 1.78. The van der Waals surface area contributed by atoms with Crippen LogP contribution in [0, 0.1) is 0 Å². The van der Waals surface area contributed by atoms with Gasteiger partial charge in [-0.25, -0.2) is 8.42 Å². The first kappa shape index (κ1) is 12.7. The first-order chi connectivity index (χ1) is 6.93. The van der Waals surface area contributed by atoms with E-state index in [0.29, 0.717) is 17.7 Å². The number of aliphatic hydroxyl groups excluding tert-OH is 1. The molecular weight excluding hydrogens is 280 g/mol. The molecule has 3 nitrogen and oxygen atoms in total. The number of hydrogen-bond donors (Lipinski definition) is 1. The van der Waals surface area contributed by atoms with Crippen molar-refractivity contribution in [2.45, 2.75) is 17.7 Å². The number of aryl methyl sites for hydroxylation is 1. The van der Waals surface area contributed by atoms with E-state index in [-0.39, 0.29) is 6.61 Å². The molecule has 1 N–H and O–H groups in total. The highest BCUT2D eigenvalue weighted by molar-refractivity contribution is 9.10. The first-order valence-electron chi connectivity index (χ1n) is 4.54. The van der Waals surface area contributed by atoms with Crippen LogP contribution in [0.2, 0.25) is 0 Å². The van der Waals surface area contributed by atoms with Gasteiger partial charge in [-0.05, 0) is 36.6 Å². The van der Waals surface area contributed by atoms with Crippen molar-refractivity contribution < 1.29 is 13.5 Å². The van der Waals surface area contributed by atoms with Gasteiger partial charge in [0, 0.05) is 17.3 Å². The highest BCUT2D eigenvalue weighted by Crippen LogP contribution is 2.20. The Hall–Kier alpha value is -0.390. The maximum absolute atomic E-state index is 11.3. The van der Waals surface area contributed by atoms with Crippen molar-refractivity contribution in [3.05, 3.63) is 28.2 Å². The van der Waals surface area contributed by atoms with Gasteiger partial charge in [0.1, 0.15) is 0 Å². The second-order valence-electron chi connectivity index (χ2n) is 3.39.